The third-order valence-electron chi connectivity index (χ3n) is 7.03. The van der Waals surface area contributed by atoms with E-state index in [0.29, 0.717) is 22.8 Å². The number of carbonyl (C=O) groups excluding carboxylic acids is 2. The van der Waals surface area contributed by atoms with Crippen molar-refractivity contribution in [2.75, 3.05) is 17.4 Å². The van der Waals surface area contributed by atoms with E-state index in [0.717, 1.165) is 28.3 Å². The standard InChI is InChI=1S/C32H40ClN3O4S/c1-6-7-20-34-32(38)25(5)35(21-27-10-8-9-11-30(27)33)31(37)22-36(28-16-14-26(15-17-28)23(2)3)41(39,40)29-18-12-24(4)13-19-29/h8-19,23,25H,6-7,20-22H2,1-5H3,(H,34,38)/t25-/m1/s1. The number of unbranched alkanes of at least 4 members (excludes halogenated alkanes) is 1. The van der Waals surface area contributed by atoms with Gasteiger partial charge in [0, 0.05) is 18.1 Å². The number of carbonyl (C=O) groups is 2. The van der Waals surface area contributed by atoms with Gasteiger partial charge in [-0.15, -0.1) is 0 Å². The van der Waals surface area contributed by atoms with E-state index >= 15 is 0 Å². The first-order valence-corrected chi connectivity index (χ1v) is 15.8. The van der Waals surface area contributed by atoms with Crippen LogP contribution in [0.15, 0.2) is 77.7 Å². The van der Waals surface area contributed by atoms with Gasteiger partial charge in [-0.25, -0.2) is 8.42 Å². The molecule has 41 heavy (non-hydrogen) atoms. The largest absolute Gasteiger partial charge is 0.354 e. The van der Waals surface area contributed by atoms with Gasteiger partial charge >= 0.3 is 0 Å². The zero-order chi connectivity index (χ0) is 30.2. The van der Waals surface area contributed by atoms with Gasteiger partial charge in [-0.1, -0.05) is 86.8 Å². The van der Waals surface area contributed by atoms with Crippen molar-refractivity contribution in [2.45, 2.75) is 70.9 Å². The lowest BCUT2D eigenvalue weighted by molar-refractivity contribution is -0.139. The summed E-state index contributed by atoms with van der Waals surface area (Å²) >= 11 is 6.42. The van der Waals surface area contributed by atoms with Gasteiger partial charge in [0.1, 0.15) is 12.6 Å². The first-order valence-electron chi connectivity index (χ1n) is 14.0. The van der Waals surface area contributed by atoms with E-state index in [2.05, 4.69) is 19.2 Å². The number of aryl methyl sites for hydroxylation is 1. The van der Waals surface area contributed by atoms with Crippen LogP contribution in [0.1, 0.15) is 63.1 Å². The Labute approximate surface area is 249 Å². The number of sulfonamides is 1. The summed E-state index contributed by atoms with van der Waals surface area (Å²) in [5.41, 5.74) is 2.98. The zero-order valence-electron chi connectivity index (χ0n) is 24.4. The van der Waals surface area contributed by atoms with Crippen LogP contribution < -0.4 is 9.62 Å². The monoisotopic (exact) mass is 597 g/mol. The summed E-state index contributed by atoms with van der Waals surface area (Å²) in [4.78, 5) is 28.6. The fourth-order valence-corrected chi connectivity index (χ4v) is 5.93. The Bertz CT molecular complexity index is 1420. The molecule has 0 aliphatic carbocycles. The number of nitrogens with zero attached hydrogens (tertiary/aromatic N) is 2. The van der Waals surface area contributed by atoms with Gasteiger partial charge in [0.05, 0.1) is 10.6 Å². The average Bonchev–Trinajstić information content (AvgIpc) is 2.95. The first kappa shape index (κ1) is 32.2. The molecule has 0 unspecified atom stereocenters. The molecule has 0 spiro atoms. The van der Waals surface area contributed by atoms with Crippen molar-refractivity contribution in [3.63, 3.8) is 0 Å². The van der Waals surface area contributed by atoms with Gasteiger partial charge in [0.2, 0.25) is 11.8 Å². The number of rotatable bonds is 13. The normalized spacial score (nSPS) is 12.2. The van der Waals surface area contributed by atoms with Crippen molar-refractivity contribution in [3.8, 4) is 0 Å². The molecule has 1 atom stereocenters. The fraction of sp³-hybridized carbons (Fsp3) is 0.375. The van der Waals surface area contributed by atoms with Crippen LogP contribution in [0, 0.1) is 6.92 Å². The zero-order valence-corrected chi connectivity index (χ0v) is 26.0. The minimum absolute atomic E-state index is 0.0472. The molecule has 7 nitrogen and oxygen atoms in total. The minimum Gasteiger partial charge on any atom is -0.354 e. The van der Waals surface area contributed by atoms with Crippen LogP contribution in [0.4, 0.5) is 5.69 Å². The third kappa shape index (κ3) is 8.33. The SMILES string of the molecule is CCCCNC(=O)[C@@H](C)N(Cc1ccccc1Cl)C(=O)CN(c1ccc(C(C)C)cc1)S(=O)(=O)c1ccc(C)cc1. The molecule has 9 heteroatoms. The number of benzene rings is 3. The van der Waals surface area contributed by atoms with Crippen LogP contribution in [0.2, 0.25) is 5.02 Å². The third-order valence-corrected chi connectivity index (χ3v) is 9.19. The molecule has 0 aromatic heterocycles. The second-order valence-corrected chi connectivity index (χ2v) is 12.8. The summed E-state index contributed by atoms with van der Waals surface area (Å²) in [5.74, 6) is -0.578. The van der Waals surface area contributed by atoms with Crippen LogP contribution in [0.3, 0.4) is 0 Å². The summed E-state index contributed by atoms with van der Waals surface area (Å²) < 4.78 is 29.0. The van der Waals surface area contributed by atoms with Crippen LogP contribution in [-0.4, -0.2) is 44.3 Å². The van der Waals surface area contributed by atoms with Crippen molar-refractivity contribution in [1.29, 1.82) is 0 Å². The highest BCUT2D eigenvalue weighted by atomic mass is 35.5. The van der Waals surface area contributed by atoms with Gasteiger partial charge in [0.25, 0.3) is 10.0 Å². The number of hydrogen-bond acceptors (Lipinski definition) is 4. The Morgan fingerprint density at radius 2 is 1.56 bits per heavy atom. The smallest absolute Gasteiger partial charge is 0.264 e. The van der Waals surface area contributed by atoms with Crippen LogP contribution in [0.5, 0.6) is 0 Å². The highest BCUT2D eigenvalue weighted by Gasteiger charge is 2.32. The van der Waals surface area contributed by atoms with Crippen LogP contribution >= 0.6 is 11.6 Å². The highest BCUT2D eigenvalue weighted by Crippen LogP contribution is 2.27. The molecule has 1 N–H and O–H groups in total. The molecule has 0 aliphatic rings. The summed E-state index contributed by atoms with van der Waals surface area (Å²) in [6.07, 6.45) is 1.73. The molecule has 3 aromatic rings. The number of hydrogen-bond donors (Lipinski definition) is 1. The maximum Gasteiger partial charge on any atom is 0.264 e. The fourth-order valence-electron chi connectivity index (χ4n) is 4.32. The molecule has 0 bridgehead atoms. The molecule has 2 amide bonds. The number of anilines is 1. The molecule has 3 rings (SSSR count). The number of nitrogens with one attached hydrogen (secondary N) is 1. The lowest BCUT2D eigenvalue weighted by Crippen LogP contribution is -2.51. The lowest BCUT2D eigenvalue weighted by Gasteiger charge is -2.32. The number of amides is 2. The van der Waals surface area contributed by atoms with E-state index in [4.69, 9.17) is 11.6 Å². The van der Waals surface area contributed by atoms with Crippen LogP contribution in [-0.2, 0) is 26.2 Å². The van der Waals surface area contributed by atoms with Gasteiger partial charge in [-0.05, 0) is 67.6 Å². The quantitative estimate of drug-likeness (QED) is 0.234. The summed E-state index contributed by atoms with van der Waals surface area (Å²) in [6, 6.07) is 19.9. The molecule has 0 heterocycles. The molecule has 0 fully saturated rings. The predicted molar refractivity (Wildman–Crippen MR) is 166 cm³/mol. The summed E-state index contributed by atoms with van der Waals surface area (Å²) in [5, 5.41) is 3.34. The Kier molecular flexibility index (Phi) is 11.4. The first-order chi connectivity index (χ1) is 19.4. The topological polar surface area (TPSA) is 86.8 Å². The van der Waals surface area contributed by atoms with Crippen molar-refractivity contribution >= 4 is 39.1 Å². The van der Waals surface area contributed by atoms with Gasteiger partial charge in [-0.2, -0.15) is 0 Å². The van der Waals surface area contributed by atoms with E-state index in [1.807, 2.05) is 26.0 Å². The van der Waals surface area contributed by atoms with Gasteiger partial charge in [-0.3, -0.25) is 13.9 Å². The summed E-state index contributed by atoms with van der Waals surface area (Å²) in [6.45, 7) is 9.70. The minimum atomic E-state index is -4.12. The predicted octanol–water partition coefficient (Wildman–Crippen LogP) is 6.30. The number of halogens is 1. The molecule has 0 saturated heterocycles. The Morgan fingerprint density at radius 3 is 2.15 bits per heavy atom. The van der Waals surface area contributed by atoms with E-state index < -0.39 is 28.5 Å². The van der Waals surface area contributed by atoms with E-state index in [1.165, 1.54) is 17.0 Å². The molecule has 0 aliphatic heterocycles. The Hall–Kier alpha value is -3.36. The van der Waals surface area contributed by atoms with Crippen molar-refractivity contribution < 1.29 is 18.0 Å². The van der Waals surface area contributed by atoms with Gasteiger partial charge in [0.15, 0.2) is 0 Å². The molecule has 3 aromatic carbocycles. The van der Waals surface area contributed by atoms with Crippen molar-refractivity contribution in [1.82, 2.24) is 10.2 Å². The van der Waals surface area contributed by atoms with E-state index in [-0.39, 0.29) is 23.3 Å². The van der Waals surface area contributed by atoms with E-state index in [9.17, 15) is 18.0 Å². The van der Waals surface area contributed by atoms with Crippen molar-refractivity contribution in [3.05, 3.63) is 94.5 Å². The Balaban J connectivity index is 2.03. The maximum absolute atomic E-state index is 14.0. The molecule has 0 saturated carbocycles. The summed E-state index contributed by atoms with van der Waals surface area (Å²) in [7, 11) is -4.12. The van der Waals surface area contributed by atoms with Gasteiger partial charge < -0.3 is 10.2 Å². The second kappa shape index (κ2) is 14.5. The molecular weight excluding hydrogens is 558 g/mol. The second-order valence-electron chi connectivity index (χ2n) is 10.5. The Morgan fingerprint density at radius 1 is 0.927 bits per heavy atom. The lowest BCUT2D eigenvalue weighted by atomic mass is 10.0. The average molecular weight is 598 g/mol. The molecule has 0 radical (unpaired) electrons. The maximum atomic E-state index is 14.0. The van der Waals surface area contributed by atoms with E-state index in [1.54, 1.807) is 55.5 Å². The highest BCUT2D eigenvalue weighted by molar-refractivity contribution is 7.92. The molecular formula is C32H40ClN3O4S. The molecule has 220 valence electrons. The van der Waals surface area contributed by atoms with Crippen molar-refractivity contribution in [2.24, 2.45) is 0 Å². The van der Waals surface area contributed by atoms with Crippen LogP contribution in [0.25, 0.3) is 0 Å².